The van der Waals surface area contributed by atoms with Crippen LogP contribution in [0.25, 0.3) is 0 Å². The van der Waals surface area contributed by atoms with Crippen molar-refractivity contribution >= 4 is 17.7 Å². The van der Waals surface area contributed by atoms with Crippen molar-refractivity contribution < 1.29 is 4.79 Å². The van der Waals surface area contributed by atoms with Gasteiger partial charge in [0.15, 0.2) is 0 Å². The Bertz CT molecular complexity index is 401. The number of carbonyl (C=O) groups is 1. The first-order chi connectivity index (χ1) is 8.15. The van der Waals surface area contributed by atoms with Gasteiger partial charge in [-0.1, -0.05) is 29.8 Å². The molecule has 1 aliphatic carbocycles. The number of hydrogen-bond acceptors (Lipinski definition) is 2. The van der Waals surface area contributed by atoms with Crippen LogP contribution in [-0.4, -0.2) is 17.2 Å². The quantitative estimate of drug-likeness (QED) is 0.869. The smallest absolute Gasteiger partial charge is 0.233 e. The summed E-state index contributed by atoms with van der Waals surface area (Å²) < 4.78 is 0. The van der Waals surface area contributed by atoms with Gasteiger partial charge >= 0.3 is 0 Å². The Kier molecular flexibility index (Phi) is 4.11. The molecule has 0 aromatic heterocycles. The van der Waals surface area contributed by atoms with E-state index in [0.717, 1.165) is 18.6 Å². The van der Waals surface area contributed by atoms with E-state index >= 15 is 0 Å². The summed E-state index contributed by atoms with van der Waals surface area (Å²) in [5, 5.41) is 3.08. The van der Waals surface area contributed by atoms with Crippen molar-refractivity contribution in [3.63, 3.8) is 0 Å². The van der Waals surface area contributed by atoms with Gasteiger partial charge in [-0.2, -0.15) is 0 Å². The molecule has 1 aliphatic rings. The highest BCUT2D eigenvalue weighted by Gasteiger charge is 2.25. The molecule has 1 amide bonds. The molecule has 1 aromatic carbocycles. The van der Waals surface area contributed by atoms with Crippen molar-refractivity contribution in [1.82, 2.24) is 5.32 Å². The second kappa shape index (κ2) is 5.58. The van der Waals surface area contributed by atoms with Crippen LogP contribution in [0, 0.1) is 6.92 Å². The lowest BCUT2D eigenvalue weighted by Crippen LogP contribution is -2.32. The number of carbonyl (C=O) groups excluding carboxylic acids is 1. The molecule has 1 fully saturated rings. The van der Waals surface area contributed by atoms with Gasteiger partial charge in [0.25, 0.3) is 0 Å². The molecule has 2 nitrogen and oxygen atoms in total. The molecule has 1 N–H and O–H groups in total. The fourth-order valence-corrected chi connectivity index (χ4v) is 2.49. The minimum atomic E-state index is 0.0381. The molecule has 0 heterocycles. The predicted molar refractivity (Wildman–Crippen MR) is 73.1 cm³/mol. The van der Waals surface area contributed by atoms with Crippen LogP contribution in [0.2, 0.25) is 0 Å². The zero-order valence-electron chi connectivity index (χ0n) is 10.4. The summed E-state index contributed by atoms with van der Waals surface area (Å²) in [6, 6.07) is 8.92. The van der Waals surface area contributed by atoms with Gasteiger partial charge in [0, 0.05) is 11.8 Å². The third kappa shape index (κ3) is 4.08. The van der Waals surface area contributed by atoms with Crippen LogP contribution >= 0.6 is 11.8 Å². The maximum atomic E-state index is 11.7. The van der Waals surface area contributed by atoms with Crippen LogP contribution in [0.1, 0.15) is 30.9 Å². The van der Waals surface area contributed by atoms with E-state index in [1.54, 1.807) is 11.8 Å². The Balaban J connectivity index is 1.78. The number of benzene rings is 1. The molecule has 0 radical (unpaired) electrons. The highest BCUT2D eigenvalue weighted by Crippen LogP contribution is 2.22. The zero-order valence-corrected chi connectivity index (χ0v) is 11.2. The lowest BCUT2D eigenvalue weighted by atomic mass is 10.2. The first kappa shape index (κ1) is 12.5. The van der Waals surface area contributed by atoms with Gasteiger partial charge in [0.05, 0.1) is 5.25 Å². The van der Waals surface area contributed by atoms with Gasteiger partial charge in [0.2, 0.25) is 5.91 Å². The average Bonchev–Trinajstić information content (AvgIpc) is 3.10. The standard InChI is InChI=1S/C14H19NOS/c1-10-4-3-5-12(8-10)9-17-11(2)14(16)15-13-6-7-13/h3-5,8,11,13H,6-7,9H2,1-2H3,(H,15,16). The highest BCUT2D eigenvalue weighted by molar-refractivity contribution is 7.99. The normalized spacial score (nSPS) is 16.6. The lowest BCUT2D eigenvalue weighted by Gasteiger charge is -2.11. The Hall–Kier alpha value is -0.960. The fourth-order valence-electron chi connectivity index (χ4n) is 1.65. The first-order valence-corrected chi connectivity index (χ1v) is 7.17. The largest absolute Gasteiger partial charge is 0.352 e. The highest BCUT2D eigenvalue weighted by atomic mass is 32.2. The molecule has 0 saturated heterocycles. The summed E-state index contributed by atoms with van der Waals surface area (Å²) >= 11 is 1.70. The van der Waals surface area contributed by atoms with Crippen molar-refractivity contribution in [2.24, 2.45) is 0 Å². The Morgan fingerprint density at radius 3 is 2.94 bits per heavy atom. The maximum Gasteiger partial charge on any atom is 0.233 e. The Morgan fingerprint density at radius 1 is 1.53 bits per heavy atom. The maximum absolute atomic E-state index is 11.7. The number of nitrogens with one attached hydrogen (secondary N) is 1. The zero-order chi connectivity index (χ0) is 12.3. The lowest BCUT2D eigenvalue weighted by molar-refractivity contribution is -0.120. The first-order valence-electron chi connectivity index (χ1n) is 6.12. The van der Waals surface area contributed by atoms with Crippen molar-refractivity contribution in [3.05, 3.63) is 35.4 Å². The molecule has 3 heteroatoms. The van der Waals surface area contributed by atoms with Crippen LogP contribution in [0.15, 0.2) is 24.3 Å². The van der Waals surface area contributed by atoms with E-state index in [2.05, 4.69) is 36.5 Å². The topological polar surface area (TPSA) is 29.1 Å². The number of amides is 1. The van der Waals surface area contributed by atoms with Crippen LogP contribution in [0.3, 0.4) is 0 Å². The molecular weight excluding hydrogens is 230 g/mol. The van der Waals surface area contributed by atoms with Crippen LogP contribution in [0.5, 0.6) is 0 Å². The minimum absolute atomic E-state index is 0.0381. The molecule has 1 unspecified atom stereocenters. The third-order valence-corrected chi connectivity index (χ3v) is 4.09. The molecule has 1 atom stereocenters. The van der Waals surface area contributed by atoms with E-state index in [-0.39, 0.29) is 11.2 Å². The van der Waals surface area contributed by atoms with Crippen LogP contribution in [-0.2, 0) is 10.5 Å². The molecule has 92 valence electrons. The van der Waals surface area contributed by atoms with Crippen molar-refractivity contribution in [2.45, 2.75) is 43.7 Å². The van der Waals surface area contributed by atoms with E-state index in [1.807, 2.05) is 6.92 Å². The molecule has 17 heavy (non-hydrogen) atoms. The van der Waals surface area contributed by atoms with Gasteiger partial charge in [-0.05, 0) is 32.3 Å². The van der Waals surface area contributed by atoms with E-state index in [9.17, 15) is 4.79 Å². The van der Waals surface area contributed by atoms with E-state index in [4.69, 9.17) is 0 Å². The molecule has 1 saturated carbocycles. The molecular formula is C14H19NOS. The molecule has 0 spiro atoms. The summed E-state index contributed by atoms with van der Waals surface area (Å²) in [7, 11) is 0. The van der Waals surface area contributed by atoms with E-state index < -0.39 is 0 Å². The second-order valence-corrected chi connectivity index (χ2v) is 6.05. The number of aryl methyl sites for hydroxylation is 1. The Morgan fingerprint density at radius 2 is 2.29 bits per heavy atom. The van der Waals surface area contributed by atoms with E-state index in [1.165, 1.54) is 11.1 Å². The summed E-state index contributed by atoms with van der Waals surface area (Å²) in [4.78, 5) is 11.7. The van der Waals surface area contributed by atoms with Crippen molar-refractivity contribution in [1.29, 1.82) is 0 Å². The predicted octanol–water partition coefficient (Wildman–Crippen LogP) is 2.90. The van der Waals surface area contributed by atoms with E-state index in [0.29, 0.717) is 6.04 Å². The summed E-state index contributed by atoms with van der Waals surface area (Å²) in [5.41, 5.74) is 2.57. The molecule has 0 aliphatic heterocycles. The van der Waals surface area contributed by atoms with Crippen LogP contribution in [0.4, 0.5) is 0 Å². The number of thioether (sulfide) groups is 1. The van der Waals surface area contributed by atoms with Gasteiger partial charge in [-0.15, -0.1) is 11.8 Å². The Labute approximate surface area is 107 Å². The monoisotopic (exact) mass is 249 g/mol. The van der Waals surface area contributed by atoms with Crippen molar-refractivity contribution in [3.8, 4) is 0 Å². The average molecular weight is 249 g/mol. The van der Waals surface area contributed by atoms with Crippen LogP contribution < -0.4 is 5.32 Å². The SMILES string of the molecule is Cc1cccc(CSC(C)C(=O)NC2CC2)c1. The van der Waals surface area contributed by atoms with Crippen molar-refractivity contribution in [2.75, 3.05) is 0 Å². The number of rotatable bonds is 5. The van der Waals surface area contributed by atoms with Gasteiger partial charge in [0.1, 0.15) is 0 Å². The molecule has 0 bridgehead atoms. The minimum Gasteiger partial charge on any atom is -0.352 e. The van der Waals surface area contributed by atoms with Gasteiger partial charge < -0.3 is 5.32 Å². The molecule has 2 rings (SSSR count). The third-order valence-electron chi connectivity index (χ3n) is 2.88. The molecule has 1 aromatic rings. The summed E-state index contributed by atoms with van der Waals surface area (Å²) in [6.07, 6.45) is 2.31. The summed E-state index contributed by atoms with van der Waals surface area (Å²) in [6.45, 7) is 4.08. The second-order valence-electron chi connectivity index (χ2n) is 4.73. The summed E-state index contributed by atoms with van der Waals surface area (Å²) in [5.74, 6) is 1.09. The van der Waals surface area contributed by atoms with Gasteiger partial charge in [-0.3, -0.25) is 4.79 Å². The fraction of sp³-hybridized carbons (Fsp3) is 0.500. The number of hydrogen-bond donors (Lipinski definition) is 1. The van der Waals surface area contributed by atoms with Gasteiger partial charge in [-0.25, -0.2) is 0 Å².